The van der Waals surface area contributed by atoms with Gasteiger partial charge in [-0.15, -0.1) is 0 Å². The Bertz CT molecular complexity index is 940. The summed E-state index contributed by atoms with van der Waals surface area (Å²) in [6.07, 6.45) is 2.10. The molecule has 3 rings (SSSR count). The molecule has 6 nitrogen and oxygen atoms in total. The summed E-state index contributed by atoms with van der Waals surface area (Å²) in [6.45, 7) is 1.55. The average Bonchev–Trinajstić information content (AvgIpc) is 2.89. The van der Waals surface area contributed by atoms with Crippen molar-refractivity contribution in [2.24, 2.45) is 0 Å². The lowest BCUT2D eigenvalue weighted by Gasteiger charge is -2.13. The van der Waals surface area contributed by atoms with Gasteiger partial charge >= 0.3 is 6.03 Å². The maximum Gasteiger partial charge on any atom is 0.329 e. The molecule has 27 heavy (non-hydrogen) atoms. The van der Waals surface area contributed by atoms with Gasteiger partial charge in [0.15, 0.2) is 0 Å². The second kappa shape index (κ2) is 7.82. The maximum absolute atomic E-state index is 13.3. The third-order valence-electron chi connectivity index (χ3n) is 4.10. The van der Waals surface area contributed by atoms with Gasteiger partial charge in [0, 0.05) is 5.69 Å². The van der Waals surface area contributed by atoms with Crippen molar-refractivity contribution >= 4 is 29.6 Å². The lowest BCUT2D eigenvalue weighted by Crippen LogP contribution is -2.38. The molecule has 1 aliphatic heterocycles. The van der Waals surface area contributed by atoms with E-state index < -0.39 is 30.2 Å². The molecule has 0 aliphatic carbocycles. The number of halogens is 1. The number of benzene rings is 2. The molecule has 4 amide bonds. The smallest absolute Gasteiger partial charge is 0.324 e. The number of nitrogens with one attached hydrogen (secondary N) is 2. The molecule has 138 valence electrons. The zero-order chi connectivity index (χ0) is 19.4. The summed E-state index contributed by atoms with van der Waals surface area (Å²) in [7, 11) is 0. The number of aryl methyl sites for hydroxylation is 1. The second-order valence-electron chi connectivity index (χ2n) is 5.99. The molecular weight excluding hydrogens is 349 g/mol. The third kappa shape index (κ3) is 4.20. The first-order valence-electron chi connectivity index (χ1n) is 8.46. The van der Waals surface area contributed by atoms with Crippen molar-refractivity contribution in [1.29, 1.82) is 0 Å². The van der Waals surface area contributed by atoms with Gasteiger partial charge in [0.25, 0.3) is 5.91 Å². The highest BCUT2D eigenvalue weighted by molar-refractivity contribution is 6.15. The predicted octanol–water partition coefficient (Wildman–Crippen LogP) is 2.92. The Morgan fingerprint density at radius 1 is 1.19 bits per heavy atom. The van der Waals surface area contributed by atoms with Crippen LogP contribution in [0.5, 0.6) is 0 Å². The average molecular weight is 367 g/mol. The second-order valence-corrected chi connectivity index (χ2v) is 5.99. The molecule has 7 heteroatoms. The van der Waals surface area contributed by atoms with Crippen molar-refractivity contribution in [2.75, 3.05) is 11.9 Å². The summed E-state index contributed by atoms with van der Waals surface area (Å²) in [5.74, 6) is -1.57. The molecule has 0 unspecified atom stereocenters. The summed E-state index contributed by atoms with van der Waals surface area (Å²) in [5.41, 5.74) is 2.02. The first kappa shape index (κ1) is 18.3. The third-order valence-corrected chi connectivity index (χ3v) is 4.10. The number of para-hydroxylation sites is 1. The van der Waals surface area contributed by atoms with E-state index in [2.05, 4.69) is 10.6 Å². The highest BCUT2D eigenvalue weighted by Gasteiger charge is 2.34. The zero-order valence-electron chi connectivity index (χ0n) is 14.7. The number of carbonyl (C=O) groups is 3. The molecule has 1 heterocycles. The summed E-state index contributed by atoms with van der Waals surface area (Å²) < 4.78 is 13.3. The van der Waals surface area contributed by atoms with Gasteiger partial charge in [0.1, 0.15) is 18.1 Å². The quantitative estimate of drug-likeness (QED) is 0.630. The Balaban J connectivity index is 1.71. The van der Waals surface area contributed by atoms with Gasteiger partial charge in [0.2, 0.25) is 5.91 Å². The number of hydrogen-bond donors (Lipinski definition) is 2. The monoisotopic (exact) mass is 367 g/mol. The fraction of sp³-hybridized carbons (Fsp3) is 0.150. The summed E-state index contributed by atoms with van der Waals surface area (Å²) in [4.78, 5) is 37.6. The molecule has 0 saturated carbocycles. The lowest BCUT2D eigenvalue weighted by molar-refractivity contribution is -0.127. The fourth-order valence-corrected chi connectivity index (χ4v) is 2.76. The van der Waals surface area contributed by atoms with Gasteiger partial charge in [-0.05, 0) is 41.8 Å². The number of urea groups is 1. The van der Waals surface area contributed by atoms with E-state index in [0.717, 1.165) is 16.9 Å². The minimum atomic E-state index is -0.693. The lowest BCUT2D eigenvalue weighted by atomic mass is 10.1. The van der Waals surface area contributed by atoms with Gasteiger partial charge in [-0.2, -0.15) is 0 Å². The molecule has 2 aromatic carbocycles. The number of anilines is 1. The van der Waals surface area contributed by atoms with Crippen molar-refractivity contribution in [3.05, 3.63) is 71.2 Å². The highest BCUT2D eigenvalue weighted by atomic mass is 19.1. The van der Waals surface area contributed by atoms with Crippen LogP contribution in [0.1, 0.15) is 18.1 Å². The van der Waals surface area contributed by atoms with Crippen LogP contribution in [-0.4, -0.2) is 29.3 Å². The van der Waals surface area contributed by atoms with E-state index in [4.69, 9.17) is 0 Å². The van der Waals surface area contributed by atoms with Gasteiger partial charge in [-0.25, -0.2) is 14.1 Å². The van der Waals surface area contributed by atoms with Crippen LogP contribution in [0.2, 0.25) is 0 Å². The van der Waals surface area contributed by atoms with E-state index in [1.807, 2.05) is 19.1 Å². The zero-order valence-corrected chi connectivity index (χ0v) is 14.7. The number of nitrogens with zero attached hydrogens (tertiary/aromatic N) is 1. The molecule has 2 aromatic rings. The maximum atomic E-state index is 13.3. The van der Waals surface area contributed by atoms with Crippen molar-refractivity contribution < 1.29 is 18.8 Å². The van der Waals surface area contributed by atoms with Crippen LogP contribution in [0.3, 0.4) is 0 Å². The minimum Gasteiger partial charge on any atom is -0.324 e. The van der Waals surface area contributed by atoms with E-state index >= 15 is 0 Å². The minimum absolute atomic E-state index is 0.00708. The first-order valence-corrected chi connectivity index (χ1v) is 8.46. The SMILES string of the molecule is CCc1ccccc1NC(=O)CN1C(=O)N/C(=C/c2cccc(F)c2)C1=O. The van der Waals surface area contributed by atoms with Gasteiger partial charge in [0.05, 0.1) is 0 Å². The van der Waals surface area contributed by atoms with Crippen molar-refractivity contribution in [3.8, 4) is 0 Å². The van der Waals surface area contributed by atoms with Crippen LogP contribution in [0, 0.1) is 5.82 Å². The molecule has 0 atom stereocenters. The molecule has 0 aromatic heterocycles. The van der Waals surface area contributed by atoms with Crippen LogP contribution in [-0.2, 0) is 16.0 Å². The van der Waals surface area contributed by atoms with Crippen LogP contribution >= 0.6 is 0 Å². The first-order chi connectivity index (χ1) is 13.0. The summed E-state index contributed by atoms with van der Waals surface area (Å²) in [6, 6.07) is 12.2. The molecule has 1 aliphatic rings. The van der Waals surface area contributed by atoms with E-state index in [1.54, 1.807) is 18.2 Å². The Morgan fingerprint density at radius 2 is 1.96 bits per heavy atom. The Hall–Kier alpha value is -3.48. The normalized spacial score (nSPS) is 15.2. The molecule has 0 radical (unpaired) electrons. The number of carbonyl (C=O) groups excluding carboxylic acids is 3. The summed E-state index contributed by atoms with van der Waals surface area (Å²) >= 11 is 0. The standard InChI is InChI=1S/C20H18FN3O3/c1-2-14-7-3-4-9-16(14)22-18(25)12-24-19(26)17(23-20(24)27)11-13-6-5-8-15(21)10-13/h3-11H,2,12H2,1H3,(H,22,25)(H,23,27)/b17-11+. The molecule has 0 bridgehead atoms. The number of hydrogen-bond acceptors (Lipinski definition) is 3. The Labute approximate surface area is 155 Å². The van der Waals surface area contributed by atoms with Crippen LogP contribution in [0.25, 0.3) is 6.08 Å². The van der Waals surface area contributed by atoms with Crippen LogP contribution in [0.15, 0.2) is 54.2 Å². The highest BCUT2D eigenvalue weighted by Crippen LogP contribution is 2.17. The molecule has 2 N–H and O–H groups in total. The van der Waals surface area contributed by atoms with Gasteiger partial charge in [-0.1, -0.05) is 37.3 Å². The topological polar surface area (TPSA) is 78.5 Å². The van der Waals surface area contributed by atoms with E-state index in [-0.39, 0.29) is 5.70 Å². The van der Waals surface area contributed by atoms with Gasteiger partial charge in [-0.3, -0.25) is 9.59 Å². The summed E-state index contributed by atoms with van der Waals surface area (Å²) in [5, 5.41) is 5.13. The molecule has 1 saturated heterocycles. The van der Waals surface area contributed by atoms with Crippen LogP contribution < -0.4 is 10.6 Å². The molecule has 0 spiro atoms. The molecular formula is C20H18FN3O3. The van der Waals surface area contributed by atoms with Crippen molar-refractivity contribution in [1.82, 2.24) is 10.2 Å². The Morgan fingerprint density at radius 3 is 2.70 bits per heavy atom. The number of amides is 4. The fourth-order valence-electron chi connectivity index (χ4n) is 2.76. The van der Waals surface area contributed by atoms with Crippen molar-refractivity contribution in [2.45, 2.75) is 13.3 Å². The van der Waals surface area contributed by atoms with Crippen LogP contribution in [0.4, 0.5) is 14.9 Å². The van der Waals surface area contributed by atoms with Crippen molar-refractivity contribution in [3.63, 3.8) is 0 Å². The predicted molar refractivity (Wildman–Crippen MR) is 99.1 cm³/mol. The number of imide groups is 1. The van der Waals surface area contributed by atoms with Gasteiger partial charge < -0.3 is 10.6 Å². The van der Waals surface area contributed by atoms with E-state index in [1.165, 1.54) is 24.3 Å². The van der Waals surface area contributed by atoms with E-state index in [9.17, 15) is 18.8 Å². The van der Waals surface area contributed by atoms with E-state index in [0.29, 0.717) is 11.3 Å². The molecule has 1 fully saturated rings. The Kier molecular flexibility index (Phi) is 5.30. The largest absolute Gasteiger partial charge is 0.329 e. The number of rotatable bonds is 5.